The third-order valence-corrected chi connectivity index (χ3v) is 3.24. The lowest BCUT2D eigenvalue weighted by atomic mass is 9.81. The molecule has 0 saturated carbocycles. The lowest BCUT2D eigenvalue weighted by molar-refractivity contribution is -0.157. The Hall–Kier alpha value is -1.62. The van der Waals surface area contributed by atoms with Gasteiger partial charge in [0.05, 0.1) is 0 Å². The summed E-state index contributed by atoms with van der Waals surface area (Å²) in [5, 5.41) is 9.31. The largest absolute Gasteiger partial charge is 0.489 e. The zero-order valence-corrected chi connectivity index (χ0v) is 9.89. The van der Waals surface area contributed by atoms with Gasteiger partial charge in [0.25, 0.3) is 0 Å². The maximum absolute atomic E-state index is 13.4. The molecule has 4 nitrogen and oxygen atoms in total. The van der Waals surface area contributed by atoms with Gasteiger partial charge in [-0.2, -0.15) is 0 Å². The first-order valence-electron chi connectivity index (χ1n) is 5.82. The molecule has 1 aromatic rings. The normalized spacial score (nSPS) is 18.3. The predicted octanol–water partition coefficient (Wildman–Crippen LogP) is 2.09. The molecule has 0 spiro atoms. The van der Waals surface area contributed by atoms with Crippen LogP contribution >= 0.6 is 0 Å². The van der Waals surface area contributed by atoms with Crippen LogP contribution in [0.1, 0.15) is 12.8 Å². The minimum Gasteiger partial charge on any atom is -0.489 e. The first kappa shape index (κ1) is 12.8. The molecule has 0 radical (unpaired) electrons. The number of halogens is 1. The van der Waals surface area contributed by atoms with E-state index >= 15 is 0 Å². The molecule has 18 heavy (non-hydrogen) atoms. The van der Waals surface area contributed by atoms with Crippen molar-refractivity contribution in [3.8, 4) is 5.75 Å². The van der Waals surface area contributed by atoms with E-state index in [1.165, 1.54) is 12.1 Å². The zero-order chi connectivity index (χ0) is 13.0. The van der Waals surface area contributed by atoms with Gasteiger partial charge in [-0.3, -0.25) is 4.79 Å². The van der Waals surface area contributed by atoms with Crippen LogP contribution in [0.3, 0.4) is 0 Å². The Morgan fingerprint density at radius 3 is 2.67 bits per heavy atom. The smallest absolute Gasteiger partial charge is 0.313 e. The topological polar surface area (TPSA) is 55.8 Å². The van der Waals surface area contributed by atoms with Crippen molar-refractivity contribution in [3.63, 3.8) is 0 Å². The summed E-state index contributed by atoms with van der Waals surface area (Å²) in [6, 6.07) is 5.98. The summed E-state index contributed by atoms with van der Waals surface area (Å²) in [5.74, 6) is -1.31. The maximum Gasteiger partial charge on any atom is 0.313 e. The predicted molar refractivity (Wildman–Crippen MR) is 62.0 cm³/mol. The first-order valence-corrected chi connectivity index (χ1v) is 5.82. The van der Waals surface area contributed by atoms with Crippen molar-refractivity contribution >= 4 is 5.97 Å². The molecule has 1 saturated heterocycles. The number of ether oxygens (including phenoxy) is 2. The van der Waals surface area contributed by atoms with Gasteiger partial charge in [0.1, 0.15) is 12.0 Å². The van der Waals surface area contributed by atoms with Crippen LogP contribution in [-0.4, -0.2) is 30.9 Å². The monoisotopic (exact) mass is 254 g/mol. The molecule has 1 N–H and O–H groups in total. The highest BCUT2D eigenvalue weighted by Crippen LogP contribution is 2.32. The van der Waals surface area contributed by atoms with Crippen LogP contribution in [0.25, 0.3) is 0 Å². The van der Waals surface area contributed by atoms with Gasteiger partial charge in [-0.25, -0.2) is 4.39 Å². The van der Waals surface area contributed by atoms with Crippen LogP contribution in [0.4, 0.5) is 4.39 Å². The summed E-state index contributed by atoms with van der Waals surface area (Å²) in [6.07, 6.45) is 0.771. The van der Waals surface area contributed by atoms with E-state index in [2.05, 4.69) is 0 Å². The second-order valence-electron chi connectivity index (χ2n) is 4.42. The van der Waals surface area contributed by atoms with Crippen molar-refractivity contribution in [2.24, 2.45) is 5.41 Å². The Balaban J connectivity index is 2.06. The maximum atomic E-state index is 13.4. The molecule has 1 fully saturated rings. The average molecular weight is 254 g/mol. The van der Waals surface area contributed by atoms with Gasteiger partial charge >= 0.3 is 5.97 Å². The van der Waals surface area contributed by atoms with Crippen molar-refractivity contribution in [2.75, 3.05) is 19.8 Å². The van der Waals surface area contributed by atoms with Crippen molar-refractivity contribution in [3.05, 3.63) is 30.1 Å². The SMILES string of the molecule is O=C(O)C1(COc2ccccc2F)CCOCC1. The molecule has 0 bridgehead atoms. The second-order valence-corrected chi connectivity index (χ2v) is 4.42. The average Bonchev–Trinajstić information content (AvgIpc) is 2.39. The molecule has 1 heterocycles. The third kappa shape index (κ3) is 2.61. The molecular weight excluding hydrogens is 239 g/mol. The Bertz CT molecular complexity index is 427. The van der Waals surface area contributed by atoms with Crippen LogP contribution in [0.2, 0.25) is 0 Å². The molecule has 0 amide bonds. The fourth-order valence-electron chi connectivity index (χ4n) is 1.96. The minimum atomic E-state index is -0.972. The first-order chi connectivity index (χ1) is 8.64. The van der Waals surface area contributed by atoms with Crippen molar-refractivity contribution in [1.29, 1.82) is 0 Å². The highest BCUT2D eigenvalue weighted by atomic mass is 19.1. The summed E-state index contributed by atoms with van der Waals surface area (Å²) < 4.78 is 23.9. The summed E-state index contributed by atoms with van der Waals surface area (Å²) in [7, 11) is 0. The van der Waals surface area contributed by atoms with Crippen LogP contribution in [0.15, 0.2) is 24.3 Å². The summed E-state index contributed by atoms with van der Waals surface area (Å²) in [5.41, 5.74) is -0.972. The number of carboxylic acid groups (broad SMARTS) is 1. The number of aliphatic carboxylic acids is 1. The molecule has 1 aromatic carbocycles. The number of hydrogen-bond donors (Lipinski definition) is 1. The van der Waals surface area contributed by atoms with Crippen LogP contribution < -0.4 is 4.74 Å². The molecule has 0 aromatic heterocycles. The van der Waals surface area contributed by atoms with Gasteiger partial charge in [-0.05, 0) is 25.0 Å². The molecule has 0 atom stereocenters. The third-order valence-electron chi connectivity index (χ3n) is 3.24. The van der Waals surface area contributed by atoms with Gasteiger partial charge < -0.3 is 14.6 Å². The standard InChI is InChI=1S/C13H15FO4/c14-10-3-1-2-4-11(10)18-9-13(12(15)16)5-7-17-8-6-13/h1-4H,5-9H2,(H,15,16). The Labute approximate surface area is 104 Å². The van der Waals surface area contributed by atoms with Gasteiger partial charge in [0.2, 0.25) is 0 Å². The Kier molecular flexibility index (Phi) is 3.81. The van der Waals surface area contributed by atoms with E-state index in [-0.39, 0.29) is 12.4 Å². The quantitative estimate of drug-likeness (QED) is 0.893. The molecular formula is C13H15FO4. The fourth-order valence-corrected chi connectivity index (χ4v) is 1.96. The lowest BCUT2D eigenvalue weighted by Gasteiger charge is -2.32. The fraction of sp³-hybridized carbons (Fsp3) is 0.462. The molecule has 0 aliphatic carbocycles. The van der Waals surface area contributed by atoms with E-state index in [9.17, 15) is 14.3 Å². The summed E-state index contributed by atoms with van der Waals surface area (Å²) in [4.78, 5) is 11.4. The molecule has 2 rings (SSSR count). The van der Waals surface area contributed by atoms with E-state index in [1.807, 2.05) is 0 Å². The minimum absolute atomic E-state index is 0.0351. The van der Waals surface area contributed by atoms with Gasteiger partial charge in [-0.1, -0.05) is 12.1 Å². The van der Waals surface area contributed by atoms with E-state index in [1.54, 1.807) is 12.1 Å². The Morgan fingerprint density at radius 1 is 1.39 bits per heavy atom. The molecule has 98 valence electrons. The van der Waals surface area contributed by atoms with E-state index in [4.69, 9.17) is 9.47 Å². The Morgan fingerprint density at radius 2 is 2.06 bits per heavy atom. The molecule has 1 aliphatic heterocycles. The van der Waals surface area contributed by atoms with E-state index < -0.39 is 17.2 Å². The number of carboxylic acids is 1. The number of hydrogen-bond acceptors (Lipinski definition) is 3. The van der Waals surface area contributed by atoms with Gasteiger partial charge in [0.15, 0.2) is 11.6 Å². The summed E-state index contributed by atoms with van der Waals surface area (Å²) in [6.45, 7) is 0.756. The number of benzene rings is 1. The molecule has 0 unspecified atom stereocenters. The van der Waals surface area contributed by atoms with Crippen molar-refractivity contribution in [2.45, 2.75) is 12.8 Å². The van der Waals surface area contributed by atoms with Gasteiger partial charge in [-0.15, -0.1) is 0 Å². The molecule has 1 aliphatic rings. The highest BCUT2D eigenvalue weighted by molar-refractivity contribution is 5.75. The van der Waals surface area contributed by atoms with E-state index in [0.717, 1.165) is 0 Å². The lowest BCUT2D eigenvalue weighted by Crippen LogP contribution is -2.42. The molecule has 5 heteroatoms. The number of rotatable bonds is 4. The van der Waals surface area contributed by atoms with Crippen LogP contribution in [-0.2, 0) is 9.53 Å². The number of para-hydroxylation sites is 1. The van der Waals surface area contributed by atoms with Crippen molar-refractivity contribution in [1.82, 2.24) is 0 Å². The highest BCUT2D eigenvalue weighted by Gasteiger charge is 2.41. The van der Waals surface area contributed by atoms with Gasteiger partial charge in [0, 0.05) is 13.2 Å². The van der Waals surface area contributed by atoms with Crippen LogP contribution in [0, 0.1) is 11.2 Å². The van der Waals surface area contributed by atoms with E-state index in [0.29, 0.717) is 26.1 Å². The number of carbonyl (C=O) groups is 1. The van der Waals surface area contributed by atoms with Crippen LogP contribution in [0.5, 0.6) is 5.75 Å². The summed E-state index contributed by atoms with van der Waals surface area (Å²) >= 11 is 0. The van der Waals surface area contributed by atoms with Crippen molar-refractivity contribution < 1.29 is 23.8 Å². The second kappa shape index (κ2) is 5.35. The zero-order valence-electron chi connectivity index (χ0n) is 9.89.